The van der Waals surface area contributed by atoms with E-state index < -0.39 is 24.4 Å². The summed E-state index contributed by atoms with van der Waals surface area (Å²) in [5.41, 5.74) is -0.345. The highest BCUT2D eigenvalue weighted by Crippen LogP contribution is 2.66. The zero-order chi connectivity index (χ0) is 25.2. The van der Waals surface area contributed by atoms with E-state index in [9.17, 15) is 25.2 Å². The molecule has 1 heterocycles. The number of rotatable bonds is 5. The summed E-state index contributed by atoms with van der Waals surface area (Å²) < 4.78 is 5.86. The number of hydrogen-bond donors (Lipinski definition) is 4. The maximum absolute atomic E-state index is 13.0. The van der Waals surface area contributed by atoms with Gasteiger partial charge in [-0.05, 0) is 90.8 Å². The molecule has 6 nitrogen and oxygen atoms in total. The number of ether oxygens (including phenoxy) is 1. The first kappa shape index (κ1) is 26.4. The number of aliphatic hydroxyl groups excluding tert-OH is 4. The maximum Gasteiger partial charge on any atom is 0.309 e. The fraction of sp³-hybridized carbons (Fsp3) is 0.964. The van der Waals surface area contributed by atoms with Crippen LogP contribution in [0.15, 0.2) is 0 Å². The van der Waals surface area contributed by atoms with E-state index in [-0.39, 0.29) is 52.8 Å². The van der Waals surface area contributed by atoms with Crippen molar-refractivity contribution in [2.75, 3.05) is 6.61 Å². The predicted molar refractivity (Wildman–Crippen MR) is 130 cm³/mol. The van der Waals surface area contributed by atoms with Gasteiger partial charge < -0.3 is 25.2 Å². The zero-order valence-electron chi connectivity index (χ0n) is 22.0. The van der Waals surface area contributed by atoms with Crippen LogP contribution >= 0.6 is 0 Å². The fourth-order valence-electron chi connectivity index (χ4n) is 8.95. The minimum atomic E-state index is -0.867. The standard InChI is InChI=1S/C28H48O6/c1-14(2)15(3)24(31)25(32)16(4)18-7-8-19-17-13-34-26(33)21-11-22(29)23(30)12-28(21,6)20(17)9-10-27(18,19)5/h14-25,29-32H,7-13H2,1-6H3/t15-,16+,17+,18-,19+,20+,21?,22-,23-,24-,25-,27-,28-/m1/s1. The number of carbonyl (C=O) groups excluding carboxylic acids is 1. The summed E-state index contributed by atoms with van der Waals surface area (Å²) in [5, 5.41) is 42.9. The number of esters is 1. The smallest absolute Gasteiger partial charge is 0.309 e. The Morgan fingerprint density at radius 3 is 2.21 bits per heavy atom. The van der Waals surface area contributed by atoms with Gasteiger partial charge in [-0.3, -0.25) is 4.79 Å². The van der Waals surface area contributed by atoms with Crippen molar-refractivity contribution in [3.8, 4) is 0 Å². The van der Waals surface area contributed by atoms with Gasteiger partial charge in [-0.1, -0.05) is 41.5 Å². The average molecular weight is 481 g/mol. The van der Waals surface area contributed by atoms with Crippen LogP contribution in [-0.2, 0) is 9.53 Å². The number of carbonyl (C=O) groups is 1. The Morgan fingerprint density at radius 2 is 1.56 bits per heavy atom. The molecule has 0 spiro atoms. The SMILES string of the molecule is CC(C)[C@@H](C)[C@@H](O)[C@H](O)[C@@H](C)[C@H]1CC[C@H]2[C@@H]3COC(=O)C4C[C@@H](O)[C@H](O)C[C@]4(C)[C@H]3CC[C@]12C. The van der Waals surface area contributed by atoms with E-state index in [0.717, 1.165) is 25.7 Å². The van der Waals surface area contributed by atoms with Gasteiger partial charge in [0.25, 0.3) is 0 Å². The van der Waals surface area contributed by atoms with E-state index in [0.29, 0.717) is 30.8 Å². The van der Waals surface area contributed by atoms with Crippen LogP contribution in [0.1, 0.15) is 80.1 Å². The molecule has 3 saturated carbocycles. The molecule has 4 fully saturated rings. The Bertz CT molecular complexity index is 755. The minimum absolute atomic E-state index is 0.00827. The van der Waals surface area contributed by atoms with Gasteiger partial charge in [0.05, 0.1) is 36.9 Å². The van der Waals surface area contributed by atoms with E-state index in [1.165, 1.54) is 0 Å². The number of hydrogen-bond acceptors (Lipinski definition) is 6. The third-order valence-electron chi connectivity index (χ3n) is 11.5. The van der Waals surface area contributed by atoms with E-state index in [1.807, 2.05) is 6.92 Å². The lowest BCUT2D eigenvalue weighted by atomic mass is 9.48. The van der Waals surface area contributed by atoms with Crippen molar-refractivity contribution in [3.63, 3.8) is 0 Å². The van der Waals surface area contributed by atoms with Gasteiger partial charge in [0, 0.05) is 0 Å². The van der Waals surface area contributed by atoms with Crippen molar-refractivity contribution >= 4 is 5.97 Å². The van der Waals surface area contributed by atoms with Crippen LogP contribution < -0.4 is 0 Å². The Balaban J connectivity index is 1.58. The quantitative estimate of drug-likeness (QED) is 0.450. The molecule has 0 amide bonds. The molecular formula is C28H48O6. The summed E-state index contributed by atoms with van der Waals surface area (Å²) in [5.74, 6) is 0.948. The molecule has 196 valence electrons. The topological polar surface area (TPSA) is 107 Å². The van der Waals surface area contributed by atoms with Gasteiger partial charge in [0.2, 0.25) is 0 Å². The van der Waals surface area contributed by atoms with Gasteiger partial charge >= 0.3 is 5.97 Å². The van der Waals surface area contributed by atoms with E-state index in [4.69, 9.17) is 4.74 Å². The molecule has 0 bridgehead atoms. The Hall–Kier alpha value is -0.690. The molecule has 0 aromatic heterocycles. The number of cyclic esters (lactones) is 1. The molecule has 3 aliphatic carbocycles. The first-order chi connectivity index (χ1) is 15.8. The lowest BCUT2D eigenvalue weighted by molar-refractivity contribution is -0.162. The van der Waals surface area contributed by atoms with Gasteiger partial charge in [-0.2, -0.15) is 0 Å². The summed E-state index contributed by atoms with van der Waals surface area (Å²) >= 11 is 0. The predicted octanol–water partition coefficient (Wildman–Crippen LogP) is 3.39. The summed E-state index contributed by atoms with van der Waals surface area (Å²) in [7, 11) is 0. The second kappa shape index (κ2) is 9.32. The Kier molecular flexibility index (Phi) is 7.23. The van der Waals surface area contributed by atoms with Gasteiger partial charge in [-0.15, -0.1) is 0 Å². The Labute approximate surface area is 205 Å². The molecule has 6 heteroatoms. The second-order valence-electron chi connectivity index (χ2n) is 13.3. The summed E-state index contributed by atoms with van der Waals surface area (Å²) in [6, 6.07) is 0. The minimum Gasteiger partial charge on any atom is -0.465 e. The number of fused-ring (bicyclic) bond motifs is 5. The van der Waals surface area contributed by atoms with Crippen molar-refractivity contribution in [2.24, 2.45) is 58.2 Å². The van der Waals surface area contributed by atoms with Crippen LogP contribution in [0, 0.1) is 58.2 Å². The molecule has 0 radical (unpaired) electrons. The maximum atomic E-state index is 13.0. The van der Waals surface area contributed by atoms with Crippen molar-refractivity contribution in [1.29, 1.82) is 0 Å². The van der Waals surface area contributed by atoms with Gasteiger partial charge in [0.15, 0.2) is 0 Å². The van der Waals surface area contributed by atoms with E-state index in [1.54, 1.807) is 0 Å². The van der Waals surface area contributed by atoms with Crippen LogP contribution in [0.3, 0.4) is 0 Å². The van der Waals surface area contributed by atoms with Crippen LogP contribution in [0.4, 0.5) is 0 Å². The first-order valence-electron chi connectivity index (χ1n) is 13.7. The molecular weight excluding hydrogens is 432 g/mol. The van der Waals surface area contributed by atoms with Crippen molar-refractivity contribution in [1.82, 2.24) is 0 Å². The van der Waals surface area contributed by atoms with Crippen LogP contribution in [-0.4, -0.2) is 57.4 Å². The third kappa shape index (κ3) is 4.05. The molecule has 34 heavy (non-hydrogen) atoms. The lowest BCUT2D eigenvalue weighted by Gasteiger charge is -2.56. The second-order valence-corrected chi connectivity index (χ2v) is 13.3. The molecule has 4 rings (SSSR count). The highest BCUT2D eigenvalue weighted by atomic mass is 16.5. The van der Waals surface area contributed by atoms with Gasteiger partial charge in [0.1, 0.15) is 0 Å². The first-order valence-corrected chi connectivity index (χ1v) is 13.7. The van der Waals surface area contributed by atoms with Crippen LogP contribution in [0.5, 0.6) is 0 Å². The molecule has 13 atom stereocenters. The third-order valence-corrected chi connectivity index (χ3v) is 11.5. The molecule has 1 saturated heterocycles. The molecule has 4 N–H and O–H groups in total. The molecule has 1 unspecified atom stereocenters. The van der Waals surface area contributed by atoms with Crippen molar-refractivity contribution in [2.45, 2.75) is 104 Å². The molecule has 1 aliphatic heterocycles. The molecule has 4 aliphatic rings. The monoisotopic (exact) mass is 480 g/mol. The molecule has 0 aromatic carbocycles. The fourth-order valence-corrected chi connectivity index (χ4v) is 8.95. The largest absolute Gasteiger partial charge is 0.465 e. The van der Waals surface area contributed by atoms with Crippen molar-refractivity contribution < 1.29 is 30.0 Å². The Morgan fingerprint density at radius 1 is 0.912 bits per heavy atom. The van der Waals surface area contributed by atoms with Crippen LogP contribution in [0.2, 0.25) is 0 Å². The van der Waals surface area contributed by atoms with E-state index in [2.05, 4.69) is 34.6 Å². The van der Waals surface area contributed by atoms with Gasteiger partial charge in [-0.25, -0.2) is 0 Å². The highest BCUT2D eigenvalue weighted by molar-refractivity contribution is 5.74. The molecule has 0 aromatic rings. The van der Waals surface area contributed by atoms with Crippen LogP contribution in [0.25, 0.3) is 0 Å². The highest BCUT2D eigenvalue weighted by Gasteiger charge is 2.63. The van der Waals surface area contributed by atoms with E-state index >= 15 is 0 Å². The summed E-state index contributed by atoms with van der Waals surface area (Å²) in [4.78, 5) is 13.0. The summed E-state index contributed by atoms with van der Waals surface area (Å²) in [6.07, 6.45) is 1.61. The summed E-state index contributed by atoms with van der Waals surface area (Å²) in [6.45, 7) is 13.2. The zero-order valence-corrected chi connectivity index (χ0v) is 22.0. The number of aliphatic hydroxyl groups is 4. The lowest BCUT2D eigenvalue weighted by Crippen LogP contribution is -2.55. The van der Waals surface area contributed by atoms with Crippen molar-refractivity contribution in [3.05, 3.63) is 0 Å². The normalized spacial score (nSPS) is 48.1. The average Bonchev–Trinajstić information content (AvgIpc) is 3.09.